The number of carboxylic acids is 2. The lowest BCUT2D eigenvalue weighted by Crippen LogP contribution is -2.48. The molecular weight excluding hydrogens is 444 g/mol. The van der Waals surface area contributed by atoms with E-state index in [1.165, 1.54) is 0 Å². The number of carbonyl (C=O) groups excluding carboxylic acids is 1. The fourth-order valence-corrected chi connectivity index (χ4v) is 4.16. The maximum Gasteiger partial charge on any atom is 0.325 e. The first kappa shape index (κ1) is 23.4. The lowest BCUT2D eigenvalue weighted by molar-refractivity contribution is -0.144. The number of benzene rings is 1. The van der Waals surface area contributed by atoms with Gasteiger partial charge in [0.2, 0.25) is 5.91 Å². The molecule has 0 unspecified atom stereocenters. The van der Waals surface area contributed by atoms with E-state index >= 15 is 0 Å². The number of carboxylic acid groups (broad SMARTS) is 2. The van der Waals surface area contributed by atoms with E-state index < -0.39 is 23.9 Å². The normalized spacial score (nSPS) is 15.9. The first-order chi connectivity index (χ1) is 16.3. The molecule has 0 spiro atoms. The maximum atomic E-state index is 12.3. The van der Waals surface area contributed by atoms with Crippen molar-refractivity contribution in [3.8, 4) is 0 Å². The molecule has 0 radical (unpaired) electrons. The smallest absolute Gasteiger partial charge is 0.325 e. The van der Waals surface area contributed by atoms with Gasteiger partial charge in [0, 0.05) is 67.5 Å². The zero-order chi connectivity index (χ0) is 24.2. The lowest BCUT2D eigenvalue weighted by Gasteiger charge is -2.37. The van der Waals surface area contributed by atoms with Crippen LogP contribution in [-0.4, -0.2) is 79.3 Å². The van der Waals surface area contributed by atoms with Crippen molar-refractivity contribution in [1.29, 1.82) is 0 Å². The summed E-state index contributed by atoms with van der Waals surface area (Å²) < 4.78 is 4.75. The number of hydrogen-bond acceptors (Lipinski definition) is 8. The number of hydrogen-bond donors (Lipinski definition) is 4. The standard InChI is InChI=1S/C22H26N6O6/c1-13-18(26-34-25-13)12-27-6-8-28(9-7-27)21(22(32)33)16-11-23-17-3-2-14(10-15(16)17)24-19(29)4-5-20(30)31/h2-3,10-11,21,23H,4-9,12H2,1H3,(H,24,29)(H,30,31)(H,32,33)/t21-/m1/s1. The highest BCUT2D eigenvalue weighted by molar-refractivity contribution is 5.96. The van der Waals surface area contributed by atoms with Crippen LogP contribution in [0.4, 0.5) is 5.69 Å². The number of aryl methyl sites for hydroxylation is 1. The molecule has 12 nitrogen and oxygen atoms in total. The van der Waals surface area contributed by atoms with Crippen LogP contribution in [0.5, 0.6) is 0 Å². The van der Waals surface area contributed by atoms with Crippen molar-refractivity contribution in [2.24, 2.45) is 0 Å². The summed E-state index contributed by atoms with van der Waals surface area (Å²) in [5, 5.41) is 29.9. The zero-order valence-electron chi connectivity index (χ0n) is 18.7. The molecule has 3 aromatic rings. The number of fused-ring (bicyclic) bond motifs is 1. The number of aromatic amines is 1. The number of aliphatic carboxylic acids is 2. The first-order valence-corrected chi connectivity index (χ1v) is 10.9. The highest BCUT2D eigenvalue weighted by Crippen LogP contribution is 2.31. The number of amides is 1. The molecule has 1 fully saturated rings. The van der Waals surface area contributed by atoms with Gasteiger partial charge in [-0.2, -0.15) is 0 Å². The van der Waals surface area contributed by atoms with E-state index in [1.54, 1.807) is 24.4 Å². The summed E-state index contributed by atoms with van der Waals surface area (Å²) in [7, 11) is 0. The van der Waals surface area contributed by atoms with Gasteiger partial charge in [0.1, 0.15) is 17.4 Å². The second kappa shape index (κ2) is 10.0. The van der Waals surface area contributed by atoms with E-state index in [0.717, 1.165) is 16.9 Å². The third-order valence-electron chi connectivity index (χ3n) is 5.98. The number of nitrogens with zero attached hydrogens (tertiary/aromatic N) is 4. The van der Waals surface area contributed by atoms with E-state index in [1.807, 2.05) is 11.8 Å². The van der Waals surface area contributed by atoms with E-state index in [-0.39, 0.29) is 12.8 Å². The van der Waals surface area contributed by atoms with Gasteiger partial charge < -0.3 is 20.5 Å². The minimum Gasteiger partial charge on any atom is -0.481 e. The van der Waals surface area contributed by atoms with Crippen LogP contribution in [0.1, 0.15) is 35.8 Å². The number of rotatable bonds is 9. The molecule has 0 aliphatic carbocycles. The van der Waals surface area contributed by atoms with Crippen LogP contribution in [0.25, 0.3) is 10.9 Å². The molecule has 0 bridgehead atoms. The number of carbonyl (C=O) groups is 3. The van der Waals surface area contributed by atoms with Gasteiger partial charge in [0.25, 0.3) is 0 Å². The van der Waals surface area contributed by atoms with Crippen LogP contribution in [-0.2, 0) is 20.9 Å². The topological polar surface area (TPSA) is 165 Å². The number of anilines is 1. The van der Waals surface area contributed by atoms with Crippen molar-refractivity contribution in [1.82, 2.24) is 25.1 Å². The van der Waals surface area contributed by atoms with E-state index in [2.05, 4.69) is 25.5 Å². The molecule has 34 heavy (non-hydrogen) atoms. The summed E-state index contributed by atoms with van der Waals surface area (Å²) in [5.74, 6) is -2.42. The van der Waals surface area contributed by atoms with Gasteiger partial charge in [0.15, 0.2) is 0 Å². The second-order valence-corrected chi connectivity index (χ2v) is 8.30. The largest absolute Gasteiger partial charge is 0.481 e. The van der Waals surface area contributed by atoms with Crippen LogP contribution in [0.2, 0.25) is 0 Å². The van der Waals surface area contributed by atoms with Crippen molar-refractivity contribution in [2.75, 3.05) is 31.5 Å². The third-order valence-corrected chi connectivity index (χ3v) is 5.98. The summed E-state index contributed by atoms with van der Waals surface area (Å²) >= 11 is 0. The molecule has 1 aromatic carbocycles. The Bertz CT molecular complexity index is 1200. The Balaban J connectivity index is 1.48. The molecule has 1 saturated heterocycles. The summed E-state index contributed by atoms with van der Waals surface area (Å²) in [4.78, 5) is 42.2. The highest BCUT2D eigenvalue weighted by Gasteiger charge is 2.32. The first-order valence-electron chi connectivity index (χ1n) is 10.9. The number of nitrogens with one attached hydrogen (secondary N) is 2. The van der Waals surface area contributed by atoms with Crippen LogP contribution in [0.15, 0.2) is 29.0 Å². The Hall–Kier alpha value is -3.77. The van der Waals surface area contributed by atoms with Gasteiger partial charge in [-0.1, -0.05) is 10.3 Å². The predicted molar refractivity (Wildman–Crippen MR) is 120 cm³/mol. The molecule has 0 saturated carbocycles. The van der Waals surface area contributed by atoms with Gasteiger partial charge in [-0.05, 0) is 25.1 Å². The summed E-state index contributed by atoms with van der Waals surface area (Å²) in [6.45, 7) is 4.88. The highest BCUT2D eigenvalue weighted by atomic mass is 16.6. The Labute approximate surface area is 194 Å². The molecular formula is C22H26N6O6. The number of aromatic nitrogens is 3. The summed E-state index contributed by atoms with van der Waals surface area (Å²) in [6.07, 6.45) is 1.29. The van der Waals surface area contributed by atoms with Crippen LogP contribution < -0.4 is 5.32 Å². The molecule has 12 heteroatoms. The van der Waals surface area contributed by atoms with Crippen LogP contribution in [0, 0.1) is 6.92 Å². The molecule has 1 amide bonds. The van der Waals surface area contributed by atoms with E-state index in [9.17, 15) is 19.5 Å². The molecule has 4 N–H and O–H groups in total. The Morgan fingerprint density at radius 2 is 1.91 bits per heavy atom. The maximum absolute atomic E-state index is 12.3. The van der Waals surface area contributed by atoms with Crippen LogP contribution >= 0.6 is 0 Å². The number of H-pyrrole nitrogens is 1. The monoisotopic (exact) mass is 470 g/mol. The van der Waals surface area contributed by atoms with Gasteiger partial charge in [-0.3, -0.25) is 24.2 Å². The fourth-order valence-electron chi connectivity index (χ4n) is 4.16. The minimum atomic E-state index is -1.05. The van der Waals surface area contributed by atoms with Gasteiger partial charge in [0.05, 0.1) is 6.42 Å². The van der Waals surface area contributed by atoms with Gasteiger partial charge >= 0.3 is 11.9 Å². The van der Waals surface area contributed by atoms with Gasteiger partial charge in [-0.15, -0.1) is 0 Å². The van der Waals surface area contributed by atoms with Crippen molar-refractivity contribution < 1.29 is 29.2 Å². The molecule has 2 aromatic heterocycles. The molecule has 3 heterocycles. The molecule has 1 aliphatic rings. The van der Waals surface area contributed by atoms with Gasteiger partial charge in [-0.25, -0.2) is 4.63 Å². The molecule has 1 aliphatic heterocycles. The number of piperazine rings is 1. The van der Waals surface area contributed by atoms with Crippen molar-refractivity contribution in [2.45, 2.75) is 32.4 Å². The molecule has 1 atom stereocenters. The fraction of sp³-hybridized carbons (Fsp3) is 0.409. The van der Waals surface area contributed by atoms with E-state index in [0.29, 0.717) is 49.4 Å². The average Bonchev–Trinajstić information content (AvgIpc) is 3.39. The van der Waals surface area contributed by atoms with Crippen molar-refractivity contribution >= 4 is 34.4 Å². The summed E-state index contributed by atoms with van der Waals surface area (Å²) in [6, 6.07) is 4.31. The van der Waals surface area contributed by atoms with E-state index in [4.69, 9.17) is 9.74 Å². The Kier molecular flexibility index (Phi) is 6.89. The quantitative estimate of drug-likeness (QED) is 0.361. The Morgan fingerprint density at radius 1 is 1.15 bits per heavy atom. The molecule has 4 rings (SSSR count). The third kappa shape index (κ3) is 5.24. The minimum absolute atomic E-state index is 0.140. The second-order valence-electron chi connectivity index (χ2n) is 8.30. The lowest BCUT2D eigenvalue weighted by atomic mass is 10.0. The van der Waals surface area contributed by atoms with Crippen LogP contribution in [0.3, 0.4) is 0 Å². The zero-order valence-corrected chi connectivity index (χ0v) is 18.7. The Morgan fingerprint density at radius 3 is 2.56 bits per heavy atom. The van der Waals surface area contributed by atoms with Crippen molar-refractivity contribution in [3.63, 3.8) is 0 Å². The van der Waals surface area contributed by atoms with Crippen molar-refractivity contribution in [3.05, 3.63) is 41.3 Å². The summed E-state index contributed by atoms with van der Waals surface area (Å²) in [5.41, 5.74) is 3.36. The molecule has 180 valence electrons. The predicted octanol–water partition coefficient (Wildman–Crippen LogP) is 1.61. The average molecular weight is 470 g/mol. The SMILES string of the molecule is Cc1nonc1CN1CCN([C@@H](C(=O)O)c2c[nH]c3ccc(NC(=O)CCC(=O)O)cc23)CC1.